The number of urea groups is 1. The summed E-state index contributed by atoms with van der Waals surface area (Å²) >= 11 is 0. The highest BCUT2D eigenvalue weighted by atomic mass is 19.4. The third-order valence-electron chi connectivity index (χ3n) is 10.1. The number of anilines is 2. The highest BCUT2D eigenvalue weighted by Crippen LogP contribution is 2.55. The van der Waals surface area contributed by atoms with Crippen LogP contribution in [-0.2, 0) is 11.3 Å². The molecule has 0 aromatic carbocycles. The number of piperidine rings is 1. The van der Waals surface area contributed by atoms with Crippen molar-refractivity contribution in [2.75, 3.05) is 43.1 Å². The summed E-state index contributed by atoms with van der Waals surface area (Å²) in [5.41, 5.74) is -3.09. The standard InChI is InChI=1S/C28H32F4N8O3/c29-25(2-1-3-25)14-40-20-8-18(33-9-17(20)22(37-40)38-12-24(13-38)15-43-16-24)21-19(10-34-36-21)35-23(41)39-7-6-27(42,28(30,31)32)11-26(39)4-5-26/h8-10,42H,1-7,11-16H2,(H,34,36)(H,35,41). The van der Waals surface area contributed by atoms with Crippen molar-refractivity contribution in [2.45, 2.75) is 74.5 Å². The number of fused-ring (bicyclic) bond motifs is 1. The topological polar surface area (TPSA) is 124 Å². The Labute approximate surface area is 243 Å². The largest absolute Gasteiger partial charge is 0.417 e. The van der Waals surface area contributed by atoms with Gasteiger partial charge in [0.1, 0.15) is 11.4 Å². The normalized spacial score (nSPS) is 26.7. The van der Waals surface area contributed by atoms with Crippen LogP contribution >= 0.6 is 0 Å². The third-order valence-corrected chi connectivity index (χ3v) is 10.1. The van der Waals surface area contributed by atoms with Crippen LogP contribution in [0.4, 0.5) is 33.9 Å². The van der Waals surface area contributed by atoms with Crippen molar-refractivity contribution in [3.05, 3.63) is 18.5 Å². The molecule has 2 amide bonds. The predicted octanol–water partition coefficient (Wildman–Crippen LogP) is 4.00. The van der Waals surface area contributed by atoms with Gasteiger partial charge in [0.15, 0.2) is 11.4 Å². The van der Waals surface area contributed by atoms with E-state index >= 15 is 4.39 Å². The second-order valence-electron chi connectivity index (χ2n) is 13.3. The molecule has 1 unspecified atom stereocenters. The SMILES string of the molecule is O=C(Nc1cn[nH]c1-c1cc2c(cn1)c(N1CC3(COC3)C1)nn2CC1(F)CCC1)N1CCC(O)(C(F)(F)F)CC12CC2. The van der Waals surface area contributed by atoms with Crippen LogP contribution in [0.25, 0.3) is 22.3 Å². The number of aromatic nitrogens is 5. The van der Waals surface area contributed by atoms with Gasteiger partial charge in [0.2, 0.25) is 0 Å². The molecule has 3 N–H and O–H groups in total. The van der Waals surface area contributed by atoms with Gasteiger partial charge in [-0.15, -0.1) is 0 Å². The number of pyridine rings is 1. The number of ether oxygens (including phenoxy) is 1. The molecule has 0 radical (unpaired) electrons. The van der Waals surface area contributed by atoms with Crippen LogP contribution in [-0.4, -0.2) is 96.8 Å². The lowest BCUT2D eigenvalue weighted by molar-refractivity contribution is -0.277. The van der Waals surface area contributed by atoms with E-state index in [1.54, 1.807) is 16.9 Å². The second-order valence-corrected chi connectivity index (χ2v) is 13.3. The van der Waals surface area contributed by atoms with Crippen LogP contribution in [0.5, 0.6) is 0 Å². The first-order valence-electron chi connectivity index (χ1n) is 14.7. The Morgan fingerprint density at radius 2 is 1.91 bits per heavy atom. The number of carbonyl (C=O) groups is 1. The summed E-state index contributed by atoms with van der Waals surface area (Å²) in [6.45, 7) is 2.99. The van der Waals surface area contributed by atoms with Crippen molar-refractivity contribution in [1.29, 1.82) is 0 Å². The summed E-state index contributed by atoms with van der Waals surface area (Å²) < 4.78 is 63.0. The maximum atomic E-state index is 15.3. The molecule has 43 heavy (non-hydrogen) atoms. The highest BCUT2D eigenvalue weighted by Gasteiger charge is 2.65. The molecule has 0 bridgehead atoms. The predicted molar refractivity (Wildman–Crippen MR) is 146 cm³/mol. The van der Waals surface area contributed by atoms with E-state index in [0.29, 0.717) is 48.3 Å². The lowest BCUT2D eigenvalue weighted by Crippen LogP contribution is -2.66. The molecular formula is C28H32F4N8O3. The minimum atomic E-state index is -4.76. The summed E-state index contributed by atoms with van der Waals surface area (Å²) in [6.07, 6.45) is -0.171. The molecule has 2 saturated carbocycles. The van der Waals surface area contributed by atoms with Crippen molar-refractivity contribution in [1.82, 2.24) is 29.9 Å². The van der Waals surface area contributed by atoms with Crippen LogP contribution < -0.4 is 10.2 Å². The lowest BCUT2D eigenvalue weighted by Gasteiger charge is -2.55. The Morgan fingerprint density at radius 1 is 1.14 bits per heavy atom. The second kappa shape index (κ2) is 8.80. The number of alkyl halides is 4. The van der Waals surface area contributed by atoms with Gasteiger partial charge in [0, 0.05) is 44.2 Å². The Balaban J connectivity index is 1.06. The number of rotatable bonds is 5. The van der Waals surface area contributed by atoms with E-state index in [9.17, 15) is 23.1 Å². The number of hydrogen-bond donors (Lipinski definition) is 3. The molecule has 3 saturated heterocycles. The Kier molecular flexibility index (Phi) is 5.55. The van der Waals surface area contributed by atoms with Crippen LogP contribution in [0.2, 0.25) is 0 Å². The van der Waals surface area contributed by atoms with Gasteiger partial charge in [-0.3, -0.25) is 14.8 Å². The van der Waals surface area contributed by atoms with Crippen molar-refractivity contribution < 1.29 is 32.2 Å². The average Bonchev–Trinajstić information content (AvgIpc) is 3.32. The maximum absolute atomic E-state index is 15.3. The molecule has 5 aliphatic rings. The number of aliphatic hydroxyl groups is 1. The van der Waals surface area contributed by atoms with Crippen LogP contribution in [0.15, 0.2) is 18.5 Å². The Morgan fingerprint density at radius 3 is 2.53 bits per heavy atom. The lowest BCUT2D eigenvalue weighted by atomic mass is 9.78. The van der Waals surface area contributed by atoms with E-state index in [1.807, 2.05) is 0 Å². The fourth-order valence-electron chi connectivity index (χ4n) is 7.19. The third kappa shape index (κ3) is 4.21. The number of likely N-dealkylation sites (tertiary alicyclic amines) is 1. The first-order valence-corrected chi connectivity index (χ1v) is 14.7. The Bertz CT molecular complexity index is 1600. The quantitative estimate of drug-likeness (QED) is 0.376. The van der Waals surface area contributed by atoms with Crippen molar-refractivity contribution in [3.63, 3.8) is 0 Å². The van der Waals surface area contributed by atoms with Crippen molar-refractivity contribution in [2.24, 2.45) is 5.41 Å². The van der Waals surface area contributed by atoms with Gasteiger partial charge in [0.25, 0.3) is 0 Å². The number of carbonyl (C=O) groups excluding carboxylic acids is 1. The first kappa shape index (κ1) is 27.1. The Hall–Kier alpha value is -3.46. The van der Waals surface area contributed by atoms with E-state index in [2.05, 4.69) is 25.4 Å². The van der Waals surface area contributed by atoms with Crippen LogP contribution in [0, 0.1) is 5.41 Å². The molecule has 230 valence electrons. The van der Waals surface area contributed by atoms with Gasteiger partial charge in [-0.2, -0.15) is 23.4 Å². The summed E-state index contributed by atoms with van der Waals surface area (Å²) in [6, 6.07) is 1.24. The number of nitrogens with one attached hydrogen (secondary N) is 2. The van der Waals surface area contributed by atoms with Crippen LogP contribution in [0.3, 0.4) is 0 Å². The summed E-state index contributed by atoms with van der Waals surface area (Å²) in [4.78, 5) is 21.6. The van der Waals surface area contributed by atoms with Crippen molar-refractivity contribution in [3.8, 4) is 11.4 Å². The highest BCUT2D eigenvalue weighted by molar-refractivity contribution is 5.96. The summed E-state index contributed by atoms with van der Waals surface area (Å²) in [5.74, 6) is 0.756. The molecule has 2 aliphatic carbocycles. The number of H-pyrrole nitrogens is 1. The fraction of sp³-hybridized carbons (Fsp3) is 0.643. The molecular weight excluding hydrogens is 572 g/mol. The minimum absolute atomic E-state index is 0.128. The minimum Gasteiger partial charge on any atom is -0.380 e. The van der Waals surface area contributed by atoms with E-state index in [-0.39, 0.29) is 18.5 Å². The molecule has 11 nitrogen and oxygen atoms in total. The average molecular weight is 605 g/mol. The number of nitrogens with zero attached hydrogens (tertiary/aromatic N) is 6. The van der Waals surface area contributed by atoms with Gasteiger partial charge in [-0.05, 0) is 38.2 Å². The number of halogens is 4. The van der Waals surface area contributed by atoms with Gasteiger partial charge >= 0.3 is 12.2 Å². The maximum Gasteiger partial charge on any atom is 0.417 e. The zero-order valence-electron chi connectivity index (χ0n) is 23.4. The zero-order valence-corrected chi connectivity index (χ0v) is 23.4. The molecule has 3 aliphatic heterocycles. The fourth-order valence-corrected chi connectivity index (χ4v) is 7.19. The number of amides is 2. The molecule has 3 aromatic rings. The number of hydrogen-bond acceptors (Lipinski definition) is 7. The molecule has 5 fully saturated rings. The summed E-state index contributed by atoms with van der Waals surface area (Å²) in [5, 5.41) is 25.7. The van der Waals surface area contributed by atoms with Gasteiger partial charge in [0.05, 0.1) is 53.7 Å². The van der Waals surface area contributed by atoms with Crippen molar-refractivity contribution >= 4 is 28.4 Å². The van der Waals surface area contributed by atoms with E-state index in [1.165, 1.54) is 11.1 Å². The monoisotopic (exact) mass is 604 g/mol. The molecule has 15 heteroatoms. The molecule has 6 heterocycles. The smallest absolute Gasteiger partial charge is 0.380 e. The first-order chi connectivity index (χ1) is 20.4. The molecule has 8 rings (SSSR count). The molecule has 2 spiro atoms. The number of aromatic amines is 1. The van der Waals surface area contributed by atoms with E-state index in [0.717, 1.165) is 43.9 Å². The van der Waals surface area contributed by atoms with Crippen LogP contribution in [0.1, 0.15) is 44.9 Å². The van der Waals surface area contributed by atoms with Gasteiger partial charge in [-0.25, -0.2) is 9.18 Å². The zero-order chi connectivity index (χ0) is 29.8. The van der Waals surface area contributed by atoms with Gasteiger partial charge < -0.3 is 25.0 Å². The molecule has 1 atom stereocenters. The van der Waals surface area contributed by atoms with E-state index < -0.39 is 41.9 Å². The summed E-state index contributed by atoms with van der Waals surface area (Å²) in [7, 11) is 0. The van der Waals surface area contributed by atoms with Gasteiger partial charge in [-0.1, -0.05) is 0 Å². The van der Waals surface area contributed by atoms with E-state index in [4.69, 9.17) is 9.84 Å². The molecule has 3 aromatic heterocycles.